The number of ketones is 1. The van der Waals surface area contributed by atoms with E-state index in [1.807, 2.05) is 13.8 Å². The number of ether oxygens (including phenoxy) is 1. The number of hydrogen-bond donors (Lipinski definition) is 0. The van der Waals surface area contributed by atoms with E-state index in [4.69, 9.17) is 4.74 Å². The normalized spacial score (nSPS) is 11.0. The summed E-state index contributed by atoms with van der Waals surface area (Å²) in [6.07, 6.45) is 1.04. The minimum absolute atomic E-state index is 0.0710. The average Bonchev–Trinajstić information content (AvgIpc) is 2.87. The van der Waals surface area contributed by atoms with Crippen LogP contribution in [0.5, 0.6) is 5.75 Å². The number of methoxy groups -OCH3 is 1. The Hall–Kier alpha value is -2.24. The van der Waals surface area contributed by atoms with Gasteiger partial charge in [0.15, 0.2) is 11.5 Å². The molecule has 0 N–H and O–H groups in total. The van der Waals surface area contributed by atoms with Crippen molar-refractivity contribution in [3.8, 4) is 5.75 Å². The maximum absolute atomic E-state index is 13.6. The Bertz CT molecular complexity index is 645. The topological polar surface area (TPSA) is 44.1 Å². The molecule has 1 aromatic carbocycles. The van der Waals surface area contributed by atoms with Crippen molar-refractivity contribution in [3.05, 3.63) is 47.3 Å². The summed E-state index contributed by atoms with van der Waals surface area (Å²) < 4.78 is 33.9. The number of rotatable bonds is 5. The summed E-state index contributed by atoms with van der Waals surface area (Å²) in [5.41, 5.74) is -0.0313. The van der Waals surface area contributed by atoms with Gasteiger partial charge < -0.3 is 4.74 Å². The van der Waals surface area contributed by atoms with Gasteiger partial charge in [-0.05, 0) is 26.0 Å². The van der Waals surface area contributed by atoms with Crippen LogP contribution in [-0.2, 0) is 6.42 Å². The minimum atomic E-state index is -0.738. The molecule has 0 atom stereocenters. The Labute approximate surface area is 121 Å². The third-order valence-corrected chi connectivity index (χ3v) is 3.13. The fraction of sp³-hybridized carbons (Fsp3) is 0.333. The molecule has 0 fully saturated rings. The summed E-state index contributed by atoms with van der Waals surface area (Å²) in [6.45, 7) is 3.71. The SMILES string of the molecule is COc1cnn(C(C)C)c1C(=O)Cc1c(F)cccc1F. The van der Waals surface area contributed by atoms with Crippen molar-refractivity contribution in [2.45, 2.75) is 26.3 Å². The van der Waals surface area contributed by atoms with Gasteiger partial charge in [0.25, 0.3) is 0 Å². The van der Waals surface area contributed by atoms with Gasteiger partial charge in [-0.25, -0.2) is 8.78 Å². The molecule has 0 radical (unpaired) electrons. The van der Waals surface area contributed by atoms with Crippen molar-refractivity contribution in [1.29, 1.82) is 0 Å². The summed E-state index contributed by atoms with van der Waals surface area (Å²) in [5.74, 6) is -1.62. The molecule has 0 saturated carbocycles. The molecule has 6 heteroatoms. The lowest BCUT2D eigenvalue weighted by molar-refractivity contribution is 0.0975. The van der Waals surface area contributed by atoms with E-state index in [-0.39, 0.29) is 23.7 Å². The molecular formula is C15H16F2N2O2. The predicted molar refractivity (Wildman–Crippen MR) is 73.6 cm³/mol. The summed E-state index contributed by atoms with van der Waals surface area (Å²) in [7, 11) is 1.42. The molecule has 0 bridgehead atoms. The third kappa shape index (κ3) is 2.94. The molecule has 0 aliphatic heterocycles. The Morgan fingerprint density at radius 2 is 1.95 bits per heavy atom. The number of carbonyl (C=O) groups is 1. The van der Waals surface area contributed by atoms with Crippen LogP contribution < -0.4 is 4.74 Å². The number of halogens is 2. The van der Waals surface area contributed by atoms with Gasteiger partial charge in [0.2, 0.25) is 0 Å². The van der Waals surface area contributed by atoms with E-state index in [9.17, 15) is 13.6 Å². The molecule has 0 aliphatic carbocycles. The largest absolute Gasteiger partial charge is 0.493 e. The van der Waals surface area contributed by atoms with Crippen LogP contribution in [-0.4, -0.2) is 22.7 Å². The molecule has 1 heterocycles. The zero-order valence-electron chi connectivity index (χ0n) is 12.1. The molecule has 112 valence electrons. The van der Waals surface area contributed by atoms with Gasteiger partial charge in [-0.2, -0.15) is 5.10 Å². The van der Waals surface area contributed by atoms with Crippen LogP contribution >= 0.6 is 0 Å². The fourth-order valence-corrected chi connectivity index (χ4v) is 2.10. The minimum Gasteiger partial charge on any atom is -0.493 e. The molecule has 2 rings (SSSR count). The summed E-state index contributed by atoms with van der Waals surface area (Å²) in [6, 6.07) is 3.45. The van der Waals surface area contributed by atoms with Crippen LogP contribution in [0.4, 0.5) is 8.78 Å². The van der Waals surface area contributed by atoms with E-state index in [1.54, 1.807) is 0 Å². The second-order valence-corrected chi connectivity index (χ2v) is 4.90. The Morgan fingerprint density at radius 1 is 1.33 bits per heavy atom. The highest BCUT2D eigenvalue weighted by Gasteiger charge is 2.23. The highest BCUT2D eigenvalue weighted by Crippen LogP contribution is 2.24. The van der Waals surface area contributed by atoms with E-state index < -0.39 is 17.4 Å². The first-order valence-corrected chi connectivity index (χ1v) is 6.53. The average molecular weight is 294 g/mol. The molecule has 21 heavy (non-hydrogen) atoms. The van der Waals surface area contributed by atoms with Gasteiger partial charge in [0, 0.05) is 18.0 Å². The first-order valence-electron chi connectivity index (χ1n) is 6.53. The molecule has 0 amide bonds. The highest BCUT2D eigenvalue weighted by atomic mass is 19.1. The Morgan fingerprint density at radius 3 is 2.48 bits per heavy atom. The number of nitrogens with zero attached hydrogens (tertiary/aromatic N) is 2. The van der Waals surface area contributed by atoms with Gasteiger partial charge in [0.1, 0.15) is 17.3 Å². The molecule has 0 aliphatic rings. The fourth-order valence-electron chi connectivity index (χ4n) is 2.10. The van der Waals surface area contributed by atoms with Crippen LogP contribution in [0.15, 0.2) is 24.4 Å². The highest BCUT2D eigenvalue weighted by molar-refractivity contribution is 5.98. The summed E-state index contributed by atoms with van der Waals surface area (Å²) in [4.78, 5) is 12.4. The lowest BCUT2D eigenvalue weighted by Gasteiger charge is -2.11. The van der Waals surface area contributed by atoms with E-state index in [0.717, 1.165) is 12.1 Å². The first-order chi connectivity index (χ1) is 9.95. The zero-order valence-corrected chi connectivity index (χ0v) is 12.1. The molecule has 1 aromatic heterocycles. The van der Waals surface area contributed by atoms with Crippen molar-refractivity contribution in [3.63, 3.8) is 0 Å². The van der Waals surface area contributed by atoms with Crippen LogP contribution in [0, 0.1) is 11.6 Å². The second kappa shape index (κ2) is 6.03. The van der Waals surface area contributed by atoms with Gasteiger partial charge in [-0.3, -0.25) is 9.48 Å². The van der Waals surface area contributed by atoms with Gasteiger partial charge in [-0.15, -0.1) is 0 Å². The lowest BCUT2D eigenvalue weighted by Crippen LogP contribution is -2.16. The molecule has 0 saturated heterocycles. The van der Waals surface area contributed by atoms with Gasteiger partial charge in [-0.1, -0.05) is 6.07 Å². The van der Waals surface area contributed by atoms with Crippen molar-refractivity contribution < 1.29 is 18.3 Å². The molecule has 0 spiro atoms. The second-order valence-electron chi connectivity index (χ2n) is 4.90. The maximum atomic E-state index is 13.6. The van der Waals surface area contributed by atoms with Crippen molar-refractivity contribution in [2.24, 2.45) is 0 Å². The van der Waals surface area contributed by atoms with E-state index in [0.29, 0.717) is 5.75 Å². The molecular weight excluding hydrogens is 278 g/mol. The predicted octanol–water partition coefficient (Wildman–Crippen LogP) is 3.18. The van der Waals surface area contributed by atoms with Gasteiger partial charge >= 0.3 is 0 Å². The van der Waals surface area contributed by atoms with E-state index >= 15 is 0 Å². The van der Waals surface area contributed by atoms with Crippen LogP contribution in [0.1, 0.15) is 35.9 Å². The Balaban J connectivity index is 2.39. The smallest absolute Gasteiger partial charge is 0.189 e. The lowest BCUT2D eigenvalue weighted by atomic mass is 10.1. The van der Waals surface area contributed by atoms with E-state index in [1.165, 1.54) is 24.1 Å². The number of benzene rings is 1. The van der Waals surface area contributed by atoms with Crippen LogP contribution in [0.3, 0.4) is 0 Å². The molecule has 2 aromatic rings. The number of aromatic nitrogens is 2. The number of Topliss-reactive ketones (excluding diaryl/α,β-unsaturated/α-hetero) is 1. The van der Waals surface area contributed by atoms with Crippen molar-refractivity contribution >= 4 is 5.78 Å². The van der Waals surface area contributed by atoms with Crippen LogP contribution in [0.2, 0.25) is 0 Å². The van der Waals surface area contributed by atoms with Gasteiger partial charge in [0.05, 0.1) is 13.3 Å². The summed E-state index contributed by atoms with van der Waals surface area (Å²) in [5, 5.41) is 4.08. The van der Waals surface area contributed by atoms with Crippen molar-refractivity contribution in [2.75, 3.05) is 7.11 Å². The van der Waals surface area contributed by atoms with Crippen LogP contribution in [0.25, 0.3) is 0 Å². The first kappa shape index (κ1) is 15.2. The van der Waals surface area contributed by atoms with Crippen molar-refractivity contribution in [1.82, 2.24) is 9.78 Å². The third-order valence-electron chi connectivity index (χ3n) is 3.13. The van der Waals surface area contributed by atoms with E-state index in [2.05, 4.69) is 5.10 Å². The maximum Gasteiger partial charge on any atom is 0.189 e. The number of carbonyl (C=O) groups excluding carboxylic acids is 1. The quantitative estimate of drug-likeness (QED) is 0.796. The summed E-state index contributed by atoms with van der Waals surface area (Å²) >= 11 is 0. The standard InChI is InChI=1S/C15H16F2N2O2/c1-9(2)19-15(14(21-3)8-18-19)13(20)7-10-11(16)5-4-6-12(10)17/h4-6,8-9H,7H2,1-3H3. The monoisotopic (exact) mass is 294 g/mol. The molecule has 0 unspecified atom stereocenters. The zero-order chi connectivity index (χ0) is 15.6. The number of hydrogen-bond acceptors (Lipinski definition) is 3. The Kier molecular flexibility index (Phi) is 4.35. The molecule has 4 nitrogen and oxygen atoms in total.